The van der Waals surface area contributed by atoms with Gasteiger partial charge in [-0.2, -0.15) is 8.78 Å². The molecule has 2 atom stereocenters. The van der Waals surface area contributed by atoms with E-state index in [1.165, 1.54) is 89.9 Å². The maximum absolute atomic E-state index is 12.5. The summed E-state index contributed by atoms with van der Waals surface area (Å²) in [6.45, 7) is 2.85. The van der Waals surface area contributed by atoms with E-state index in [4.69, 9.17) is 4.74 Å². The molecule has 4 fully saturated rings. The van der Waals surface area contributed by atoms with Crippen molar-refractivity contribution in [2.24, 2.45) is 41.4 Å². The summed E-state index contributed by atoms with van der Waals surface area (Å²) < 4.78 is 30.7. The number of ether oxygens (including phenoxy) is 1. The fourth-order valence-electron chi connectivity index (χ4n) is 7.88. The van der Waals surface area contributed by atoms with Crippen LogP contribution in [-0.4, -0.2) is 12.7 Å². The minimum absolute atomic E-state index is 0.356. The largest absolute Gasteiger partial charge is 0.374 e. The molecule has 0 amide bonds. The summed E-state index contributed by atoms with van der Waals surface area (Å²) in [7, 11) is 0. The molecule has 0 aromatic rings. The van der Waals surface area contributed by atoms with Gasteiger partial charge in [0.05, 0.1) is 12.7 Å². The van der Waals surface area contributed by atoms with Crippen LogP contribution in [0.3, 0.4) is 0 Å². The van der Waals surface area contributed by atoms with Gasteiger partial charge in [0.15, 0.2) is 0 Å². The third kappa shape index (κ3) is 7.64. The molecular formula is C30H48F2O. The Morgan fingerprint density at radius 1 is 0.667 bits per heavy atom. The summed E-state index contributed by atoms with van der Waals surface area (Å²) in [4.78, 5) is 0. The fraction of sp³-hybridized carbons (Fsp3) is 0.867. The molecule has 33 heavy (non-hydrogen) atoms. The average molecular weight is 463 g/mol. The Morgan fingerprint density at radius 2 is 1.15 bits per heavy atom. The highest BCUT2D eigenvalue weighted by molar-refractivity contribution is 4.93. The van der Waals surface area contributed by atoms with Crippen molar-refractivity contribution in [3.63, 3.8) is 0 Å². The molecule has 0 N–H and O–H groups in total. The standard InChI is InChI=1S/C30H48F2O/c1-2-3-22-4-6-23(7-5-22)8-9-24-10-12-25(13-11-24)26-14-16-27(17-15-26)28-18-19-29(33-21-28)20-30(31)32/h2-3,20,22-29H,4-19,21H2,1H3. The maximum Gasteiger partial charge on any atom is 0.268 e. The molecular weight excluding hydrogens is 414 g/mol. The van der Waals surface area contributed by atoms with Crippen LogP contribution in [-0.2, 0) is 4.74 Å². The minimum atomic E-state index is -1.60. The number of hydrogen-bond acceptors (Lipinski definition) is 1. The monoisotopic (exact) mass is 462 g/mol. The molecule has 4 rings (SSSR count). The molecule has 1 nitrogen and oxygen atoms in total. The highest BCUT2D eigenvalue weighted by Gasteiger charge is 2.35. The van der Waals surface area contributed by atoms with Crippen LogP contribution in [0.2, 0.25) is 0 Å². The topological polar surface area (TPSA) is 9.23 Å². The third-order valence-corrected chi connectivity index (χ3v) is 10.0. The van der Waals surface area contributed by atoms with Gasteiger partial charge in [0, 0.05) is 6.08 Å². The molecule has 3 aliphatic carbocycles. The van der Waals surface area contributed by atoms with Crippen LogP contribution in [0.25, 0.3) is 0 Å². The number of halogens is 2. The van der Waals surface area contributed by atoms with Crippen molar-refractivity contribution in [2.45, 2.75) is 116 Å². The lowest BCUT2D eigenvalue weighted by molar-refractivity contribution is -0.0206. The average Bonchev–Trinajstić information content (AvgIpc) is 2.84. The van der Waals surface area contributed by atoms with E-state index >= 15 is 0 Å². The molecule has 0 radical (unpaired) electrons. The molecule has 3 saturated carbocycles. The Kier molecular flexibility index (Phi) is 9.88. The zero-order valence-corrected chi connectivity index (χ0v) is 21.0. The predicted molar refractivity (Wildman–Crippen MR) is 133 cm³/mol. The molecule has 0 aromatic heterocycles. The van der Waals surface area contributed by atoms with Gasteiger partial charge in [-0.15, -0.1) is 0 Å². The summed E-state index contributed by atoms with van der Waals surface area (Å²) in [5.74, 6) is 6.16. The first-order valence-corrected chi connectivity index (χ1v) is 14.4. The predicted octanol–water partition coefficient (Wildman–Crippen LogP) is 9.34. The van der Waals surface area contributed by atoms with Gasteiger partial charge in [-0.1, -0.05) is 37.8 Å². The summed E-state index contributed by atoms with van der Waals surface area (Å²) in [6.07, 6.45) is 25.7. The van der Waals surface area contributed by atoms with Gasteiger partial charge in [-0.05, 0) is 125 Å². The second kappa shape index (κ2) is 12.8. The number of rotatable bonds is 7. The van der Waals surface area contributed by atoms with Crippen LogP contribution in [0.1, 0.15) is 110 Å². The second-order valence-electron chi connectivity index (χ2n) is 12.0. The van der Waals surface area contributed by atoms with Crippen LogP contribution in [0, 0.1) is 41.4 Å². The van der Waals surface area contributed by atoms with E-state index in [1.807, 2.05) is 0 Å². The van der Waals surface area contributed by atoms with E-state index < -0.39 is 6.08 Å². The molecule has 2 unspecified atom stereocenters. The zero-order valence-electron chi connectivity index (χ0n) is 21.0. The highest BCUT2D eigenvalue weighted by Crippen LogP contribution is 2.45. The van der Waals surface area contributed by atoms with Crippen LogP contribution in [0.4, 0.5) is 8.78 Å². The number of hydrogen-bond donors (Lipinski definition) is 0. The van der Waals surface area contributed by atoms with Crippen molar-refractivity contribution in [2.75, 3.05) is 6.61 Å². The first-order chi connectivity index (χ1) is 16.1. The first kappa shape index (κ1) is 25.4. The molecule has 3 heteroatoms. The van der Waals surface area contributed by atoms with Crippen LogP contribution >= 0.6 is 0 Å². The summed E-state index contributed by atoms with van der Waals surface area (Å²) in [5, 5.41) is 0. The Bertz CT molecular complexity index is 607. The van der Waals surface area contributed by atoms with Crippen molar-refractivity contribution in [3.05, 3.63) is 24.3 Å². The summed E-state index contributed by atoms with van der Waals surface area (Å²) >= 11 is 0. The lowest BCUT2D eigenvalue weighted by Gasteiger charge is -2.41. The van der Waals surface area contributed by atoms with Crippen LogP contribution < -0.4 is 0 Å². The van der Waals surface area contributed by atoms with Gasteiger partial charge in [-0.25, -0.2) is 0 Å². The van der Waals surface area contributed by atoms with E-state index in [-0.39, 0.29) is 6.10 Å². The molecule has 0 aromatic carbocycles. The molecule has 0 bridgehead atoms. The van der Waals surface area contributed by atoms with E-state index in [0.29, 0.717) is 12.5 Å². The lowest BCUT2D eigenvalue weighted by Crippen LogP contribution is -2.33. The SMILES string of the molecule is CC=CC1CCC(CCC2CCC(C3CCC(C4CCC(C=C(F)F)OC4)CC3)CC2)CC1. The summed E-state index contributed by atoms with van der Waals surface area (Å²) in [5.41, 5.74) is 0. The van der Waals surface area contributed by atoms with Crippen molar-refractivity contribution in [3.8, 4) is 0 Å². The molecule has 1 aliphatic heterocycles. The Morgan fingerprint density at radius 3 is 1.64 bits per heavy atom. The Hall–Kier alpha value is -0.700. The summed E-state index contributed by atoms with van der Waals surface area (Å²) in [6, 6.07) is 0. The van der Waals surface area contributed by atoms with Gasteiger partial charge in [-0.3, -0.25) is 0 Å². The fourth-order valence-corrected chi connectivity index (χ4v) is 7.88. The van der Waals surface area contributed by atoms with Crippen molar-refractivity contribution < 1.29 is 13.5 Å². The van der Waals surface area contributed by atoms with Gasteiger partial charge >= 0.3 is 0 Å². The highest BCUT2D eigenvalue weighted by atomic mass is 19.3. The van der Waals surface area contributed by atoms with Crippen molar-refractivity contribution in [1.82, 2.24) is 0 Å². The van der Waals surface area contributed by atoms with Gasteiger partial charge < -0.3 is 4.74 Å². The first-order valence-electron chi connectivity index (χ1n) is 14.4. The smallest absolute Gasteiger partial charge is 0.268 e. The molecule has 1 heterocycles. The molecule has 1 saturated heterocycles. The molecule has 0 spiro atoms. The van der Waals surface area contributed by atoms with Gasteiger partial charge in [0.25, 0.3) is 6.08 Å². The maximum atomic E-state index is 12.5. The van der Waals surface area contributed by atoms with Crippen LogP contribution in [0.5, 0.6) is 0 Å². The van der Waals surface area contributed by atoms with Gasteiger partial charge in [0.2, 0.25) is 0 Å². The minimum Gasteiger partial charge on any atom is -0.374 e. The van der Waals surface area contributed by atoms with E-state index in [1.54, 1.807) is 0 Å². The van der Waals surface area contributed by atoms with E-state index in [2.05, 4.69) is 19.1 Å². The van der Waals surface area contributed by atoms with Crippen molar-refractivity contribution >= 4 is 0 Å². The lowest BCUT2D eigenvalue weighted by atomic mass is 9.66. The number of allylic oxidation sites excluding steroid dienone is 2. The van der Waals surface area contributed by atoms with E-state index in [9.17, 15) is 8.78 Å². The molecule has 188 valence electrons. The Labute approximate surface area is 201 Å². The van der Waals surface area contributed by atoms with E-state index in [0.717, 1.165) is 54.4 Å². The Balaban J connectivity index is 1.09. The van der Waals surface area contributed by atoms with Crippen molar-refractivity contribution in [1.29, 1.82) is 0 Å². The molecule has 4 aliphatic rings. The second-order valence-corrected chi connectivity index (χ2v) is 12.0. The quantitative estimate of drug-likeness (QED) is 0.342. The van der Waals surface area contributed by atoms with Gasteiger partial charge in [0.1, 0.15) is 0 Å². The zero-order chi connectivity index (χ0) is 23.0. The third-order valence-electron chi connectivity index (χ3n) is 10.0. The van der Waals surface area contributed by atoms with Crippen LogP contribution in [0.15, 0.2) is 24.3 Å². The normalized spacial score (nSPS) is 40.6.